The van der Waals surface area contributed by atoms with Crippen molar-refractivity contribution in [2.75, 3.05) is 10.2 Å². The maximum atomic E-state index is 13.2. The van der Waals surface area contributed by atoms with Crippen LogP contribution in [0.3, 0.4) is 0 Å². The molecule has 0 unspecified atom stereocenters. The Morgan fingerprint density at radius 2 is 1.58 bits per heavy atom. The fourth-order valence-electron chi connectivity index (χ4n) is 3.66. The average molecular weight is 342 g/mol. The number of carbonyl (C=O) groups excluding carboxylic acids is 1. The predicted molar refractivity (Wildman–Crippen MR) is 107 cm³/mol. The molecular formula is C23H22N2O. The largest absolute Gasteiger partial charge is 0.361 e. The third kappa shape index (κ3) is 2.66. The van der Waals surface area contributed by atoms with E-state index in [2.05, 4.69) is 37.4 Å². The van der Waals surface area contributed by atoms with Crippen LogP contribution < -0.4 is 10.2 Å². The molecule has 0 aromatic heterocycles. The lowest BCUT2D eigenvalue weighted by molar-refractivity contribution is 0.0993. The summed E-state index contributed by atoms with van der Waals surface area (Å²) < 4.78 is 0. The summed E-state index contributed by atoms with van der Waals surface area (Å²) in [4.78, 5) is 15.0. The van der Waals surface area contributed by atoms with Gasteiger partial charge in [-0.15, -0.1) is 0 Å². The van der Waals surface area contributed by atoms with Gasteiger partial charge in [0.1, 0.15) is 6.17 Å². The number of nitrogens with zero attached hydrogens (tertiary/aromatic N) is 1. The molecule has 4 rings (SSSR count). The first-order chi connectivity index (χ1) is 12.6. The predicted octanol–water partition coefficient (Wildman–Crippen LogP) is 5.38. The number of fused-ring (bicyclic) bond motifs is 1. The number of nitrogens with one attached hydrogen (secondary N) is 1. The van der Waals surface area contributed by atoms with Crippen LogP contribution >= 0.6 is 0 Å². The molecule has 0 saturated carbocycles. The molecule has 1 amide bonds. The van der Waals surface area contributed by atoms with Gasteiger partial charge in [0.05, 0.1) is 0 Å². The highest BCUT2D eigenvalue weighted by Crippen LogP contribution is 2.39. The van der Waals surface area contributed by atoms with Gasteiger partial charge >= 0.3 is 0 Å². The van der Waals surface area contributed by atoms with Crippen LogP contribution in [0, 0.1) is 20.8 Å². The summed E-state index contributed by atoms with van der Waals surface area (Å²) >= 11 is 0. The number of rotatable bonds is 3. The van der Waals surface area contributed by atoms with Crippen molar-refractivity contribution in [3.63, 3.8) is 0 Å². The number of para-hydroxylation sites is 1. The Hall–Kier alpha value is -3.07. The van der Waals surface area contributed by atoms with E-state index in [9.17, 15) is 4.79 Å². The van der Waals surface area contributed by atoms with E-state index in [4.69, 9.17) is 0 Å². The minimum atomic E-state index is -0.221. The molecule has 0 spiro atoms. The van der Waals surface area contributed by atoms with Gasteiger partial charge in [0.15, 0.2) is 0 Å². The monoisotopic (exact) mass is 342 g/mol. The van der Waals surface area contributed by atoms with Gasteiger partial charge in [-0.1, -0.05) is 54.1 Å². The SMILES string of the molecule is Cc1ccc(N[C@H]2c3ccccc3C(=O)N2c2ccccc2C)c(C)c1. The fourth-order valence-corrected chi connectivity index (χ4v) is 3.66. The zero-order valence-electron chi connectivity index (χ0n) is 15.3. The second-order valence-corrected chi connectivity index (χ2v) is 6.91. The molecule has 130 valence electrons. The lowest BCUT2D eigenvalue weighted by atomic mass is 10.1. The van der Waals surface area contributed by atoms with Crippen LogP contribution in [0.1, 0.15) is 38.8 Å². The van der Waals surface area contributed by atoms with E-state index in [0.29, 0.717) is 0 Å². The fraction of sp³-hybridized carbons (Fsp3) is 0.174. The molecular weight excluding hydrogens is 320 g/mol. The zero-order chi connectivity index (χ0) is 18.3. The molecule has 0 fully saturated rings. The quantitative estimate of drug-likeness (QED) is 0.693. The molecule has 3 nitrogen and oxygen atoms in total. The van der Waals surface area contributed by atoms with Crippen molar-refractivity contribution in [3.05, 3.63) is 94.5 Å². The van der Waals surface area contributed by atoms with Gasteiger partial charge in [0.25, 0.3) is 5.91 Å². The first-order valence-electron chi connectivity index (χ1n) is 8.88. The standard InChI is InChI=1S/C23H22N2O/c1-15-12-13-20(17(3)14-15)24-22-18-9-5-6-10-19(18)23(26)25(22)21-11-7-4-8-16(21)2/h4-14,22,24H,1-3H3/t22-/m1/s1. The van der Waals surface area contributed by atoms with Gasteiger partial charge in [0, 0.05) is 22.5 Å². The summed E-state index contributed by atoms with van der Waals surface area (Å²) in [6, 6.07) is 22.2. The van der Waals surface area contributed by atoms with E-state index >= 15 is 0 Å². The molecule has 0 saturated heterocycles. The average Bonchev–Trinajstić information content (AvgIpc) is 2.90. The topological polar surface area (TPSA) is 32.3 Å². The van der Waals surface area contributed by atoms with Gasteiger partial charge < -0.3 is 5.32 Å². The lowest BCUT2D eigenvalue weighted by Crippen LogP contribution is -2.33. The van der Waals surface area contributed by atoms with E-state index in [0.717, 1.165) is 28.1 Å². The van der Waals surface area contributed by atoms with Gasteiger partial charge in [0.2, 0.25) is 0 Å². The van der Waals surface area contributed by atoms with Crippen LogP contribution in [-0.4, -0.2) is 5.91 Å². The number of amides is 1. The Balaban J connectivity index is 1.82. The summed E-state index contributed by atoms with van der Waals surface area (Å²) in [5.41, 5.74) is 7.25. The second-order valence-electron chi connectivity index (χ2n) is 6.91. The first kappa shape index (κ1) is 16.4. The van der Waals surface area contributed by atoms with Crippen LogP contribution in [0.15, 0.2) is 66.7 Å². The molecule has 3 aromatic carbocycles. The number of benzene rings is 3. The van der Waals surface area contributed by atoms with Crippen molar-refractivity contribution in [3.8, 4) is 0 Å². The minimum Gasteiger partial charge on any atom is -0.361 e. The van der Waals surface area contributed by atoms with Crippen LogP contribution in [0.2, 0.25) is 0 Å². The number of hydrogen-bond donors (Lipinski definition) is 1. The van der Waals surface area contributed by atoms with E-state index in [1.54, 1.807) is 0 Å². The molecule has 0 aliphatic carbocycles. The molecule has 3 heteroatoms. The van der Waals surface area contributed by atoms with Crippen molar-refractivity contribution < 1.29 is 4.79 Å². The molecule has 1 aliphatic heterocycles. The first-order valence-corrected chi connectivity index (χ1v) is 8.88. The highest BCUT2D eigenvalue weighted by atomic mass is 16.2. The third-order valence-corrected chi connectivity index (χ3v) is 5.01. The highest BCUT2D eigenvalue weighted by molar-refractivity contribution is 6.11. The van der Waals surface area contributed by atoms with Crippen molar-refractivity contribution in [2.24, 2.45) is 0 Å². The Morgan fingerprint density at radius 1 is 0.846 bits per heavy atom. The van der Waals surface area contributed by atoms with E-state index < -0.39 is 0 Å². The van der Waals surface area contributed by atoms with Crippen LogP contribution in [0.4, 0.5) is 11.4 Å². The minimum absolute atomic E-state index is 0.0390. The summed E-state index contributed by atoms with van der Waals surface area (Å²) in [5.74, 6) is 0.0390. The van der Waals surface area contributed by atoms with E-state index in [1.807, 2.05) is 60.4 Å². The molecule has 1 heterocycles. The van der Waals surface area contributed by atoms with Crippen LogP contribution in [-0.2, 0) is 0 Å². The molecule has 1 atom stereocenters. The zero-order valence-corrected chi connectivity index (χ0v) is 15.3. The van der Waals surface area contributed by atoms with Crippen molar-refractivity contribution in [1.29, 1.82) is 0 Å². The smallest absolute Gasteiger partial charge is 0.260 e. The molecule has 1 N–H and O–H groups in total. The summed E-state index contributed by atoms with van der Waals surface area (Å²) in [6.07, 6.45) is -0.221. The van der Waals surface area contributed by atoms with Crippen molar-refractivity contribution >= 4 is 17.3 Å². The van der Waals surface area contributed by atoms with Crippen molar-refractivity contribution in [2.45, 2.75) is 26.9 Å². The van der Waals surface area contributed by atoms with Gasteiger partial charge in [-0.05, 0) is 50.1 Å². The molecule has 3 aromatic rings. The maximum absolute atomic E-state index is 13.2. The Kier molecular flexibility index (Phi) is 4.00. The third-order valence-electron chi connectivity index (χ3n) is 5.01. The Bertz CT molecular complexity index is 993. The molecule has 26 heavy (non-hydrogen) atoms. The molecule has 0 bridgehead atoms. The molecule has 0 radical (unpaired) electrons. The van der Waals surface area contributed by atoms with Gasteiger partial charge in [-0.3, -0.25) is 9.69 Å². The number of anilines is 2. The van der Waals surface area contributed by atoms with Crippen LogP contribution in [0.5, 0.6) is 0 Å². The normalized spacial score (nSPS) is 15.9. The summed E-state index contributed by atoms with van der Waals surface area (Å²) in [6.45, 7) is 6.22. The number of hydrogen-bond acceptors (Lipinski definition) is 2. The van der Waals surface area contributed by atoms with Gasteiger partial charge in [-0.2, -0.15) is 0 Å². The van der Waals surface area contributed by atoms with E-state index in [-0.39, 0.29) is 12.1 Å². The van der Waals surface area contributed by atoms with Crippen LogP contribution in [0.25, 0.3) is 0 Å². The lowest BCUT2D eigenvalue weighted by Gasteiger charge is -2.29. The van der Waals surface area contributed by atoms with Crippen molar-refractivity contribution in [1.82, 2.24) is 0 Å². The number of aryl methyl sites for hydroxylation is 3. The Labute approximate surface area is 154 Å². The second kappa shape index (κ2) is 6.34. The summed E-state index contributed by atoms with van der Waals surface area (Å²) in [7, 11) is 0. The van der Waals surface area contributed by atoms with E-state index in [1.165, 1.54) is 11.1 Å². The summed E-state index contributed by atoms with van der Waals surface area (Å²) in [5, 5.41) is 3.60. The molecule has 1 aliphatic rings. The Morgan fingerprint density at radius 3 is 2.35 bits per heavy atom. The maximum Gasteiger partial charge on any atom is 0.260 e. The number of carbonyl (C=O) groups is 1. The highest BCUT2D eigenvalue weighted by Gasteiger charge is 2.38. The van der Waals surface area contributed by atoms with Gasteiger partial charge in [-0.25, -0.2) is 0 Å².